The first-order valence-corrected chi connectivity index (χ1v) is 9.13. The number of carbonyl (C=O) groups is 1. The standard InChI is InChI=1S/C20H25N5O4/c1-12-14-10-21-25(20(2,3)4)18(14)19(27)24(23-12)11-17(26)22-15-9-13(28-5)7-8-16(15)29-6/h7-10H,11H2,1-6H3,(H,22,26). The quantitative estimate of drug-likeness (QED) is 0.707. The summed E-state index contributed by atoms with van der Waals surface area (Å²) in [5, 5.41) is 12.1. The lowest BCUT2D eigenvalue weighted by Crippen LogP contribution is -2.33. The fraction of sp³-hybridized carbons (Fsp3) is 0.400. The van der Waals surface area contributed by atoms with Crippen molar-refractivity contribution in [3.05, 3.63) is 40.4 Å². The lowest BCUT2D eigenvalue weighted by Gasteiger charge is -2.20. The number of nitrogens with zero attached hydrogens (tertiary/aromatic N) is 4. The lowest BCUT2D eigenvalue weighted by molar-refractivity contribution is -0.117. The van der Waals surface area contributed by atoms with Crippen LogP contribution in [0.3, 0.4) is 0 Å². The van der Waals surface area contributed by atoms with Gasteiger partial charge >= 0.3 is 0 Å². The van der Waals surface area contributed by atoms with Crippen LogP contribution in [0.5, 0.6) is 11.5 Å². The zero-order chi connectivity index (χ0) is 21.3. The molecule has 0 fully saturated rings. The summed E-state index contributed by atoms with van der Waals surface area (Å²) in [5.74, 6) is 0.645. The van der Waals surface area contributed by atoms with Gasteiger partial charge in [0.2, 0.25) is 5.91 Å². The van der Waals surface area contributed by atoms with E-state index >= 15 is 0 Å². The van der Waals surface area contributed by atoms with Gasteiger partial charge in [0.1, 0.15) is 23.6 Å². The van der Waals surface area contributed by atoms with Crippen LogP contribution in [-0.4, -0.2) is 39.7 Å². The predicted octanol–water partition coefficient (Wildman–Crippen LogP) is 2.31. The zero-order valence-corrected chi connectivity index (χ0v) is 17.4. The highest BCUT2D eigenvalue weighted by atomic mass is 16.5. The number of carbonyl (C=O) groups excluding carboxylic acids is 1. The Morgan fingerprint density at radius 3 is 2.55 bits per heavy atom. The normalized spacial score (nSPS) is 11.5. The Balaban J connectivity index is 1.96. The highest BCUT2D eigenvalue weighted by Gasteiger charge is 2.22. The molecule has 0 saturated carbocycles. The maximum Gasteiger partial charge on any atom is 0.293 e. The first-order chi connectivity index (χ1) is 13.7. The summed E-state index contributed by atoms with van der Waals surface area (Å²) in [4.78, 5) is 25.7. The predicted molar refractivity (Wildman–Crippen MR) is 110 cm³/mol. The number of aromatic nitrogens is 4. The molecule has 0 aliphatic rings. The number of rotatable bonds is 5. The summed E-state index contributed by atoms with van der Waals surface area (Å²) < 4.78 is 13.3. The zero-order valence-electron chi connectivity index (χ0n) is 17.4. The Morgan fingerprint density at radius 2 is 1.93 bits per heavy atom. The minimum absolute atomic E-state index is 0.245. The molecule has 29 heavy (non-hydrogen) atoms. The van der Waals surface area contributed by atoms with Gasteiger partial charge in [-0.15, -0.1) is 0 Å². The van der Waals surface area contributed by atoms with Gasteiger partial charge in [-0.3, -0.25) is 14.3 Å². The second kappa shape index (κ2) is 7.57. The molecule has 9 nitrogen and oxygen atoms in total. The van der Waals surface area contributed by atoms with E-state index in [2.05, 4.69) is 15.5 Å². The van der Waals surface area contributed by atoms with Crippen molar-refractivity contribution in [1.29, 1.82) is 0 Å². The summed E-state index contributed by atoms with van der Waals surface area (Å²) >= 11 is 0. The molecule has 9 heteroatoms. The van der Waals surface area contributed by atoms with Crippen molar-refractivity contribution in [2.45, 2.75) is 39.8 Å². The van der Waals surface area contributed by atoms with E-state index in [9.17, 15) is 9.59 Å². The van der Waals surface area contributed by atoms with Crippen LogP contribution >= 0.6 is 0 Å². The first kappa shape index (κ1) is 20.4. The molecule has 3 aromatic rings. The Morgan fingerprint density at radius 1 is 1.21 bits per heavy atom. The Kier molecular flexibility index (Phi) is 5.32. The SMILES string of the molecule is COc1ccc(OC)c(NC(=O)Cn2nc(C)c3cnn(C(C)(C)C)c3c2=O)c1. The van der Waals surface area contributed by atoms with Crippen molar-refractivity contribution in [2.75, 3.05) is 19.5 Å². The van der Waals surface area contributed by atoms with Crippen molar-refractivity contribution in [2.24, 2.45) is 0 Å². The number of benzene rings is 1. The first-order valence-electron chi connectivity index (χ1n) is 9.13. The van der Waals surface area contributed by atoms with E-state index in [1.165, 1.54) is 14.2 Å². The van der Waals surface area contributed by atoms with Crippen molar-refractivity contribution in [3.63, 3.8) is 0 Å². The van der Waals surface area contributed by atoms with E-state index in [1.54, 1.807) is 36.0 Å². The minimum Gasteiger partial charge on any atom is -0.497 e. The van der Waals surface area contributed by atoms with E-state index in [1.807, 2.05) is 20.8 Å². The van der Waals surface area contributed by atoms with Gasteiger partial charge in [0.25, 0.3) is 5.56 Å². The van der Waals surface area contributed by atoms with Crippen LogP contribution in [0.25, 0.3) is 10.9 Å². The van der Waals surface area contributed by atoms with Crippen molar-refractivity contribution in [1.82, 2.24) is 19.6 Å². The molecule has 0 unspecified atom stereocenters. The molecule has 0 atom stereocenters. The number of methoxy groups -OCH3 is 2. The van der Waals surface area contributed by atoms with Gasteiger partial charge in [-0.2, -0.15) is 10.2 Å². The maximum absolute atomic E-state index is 13.0. The number of amides is 1. The molecule has 1 N–H and O–H groups in total. The van der Waals surface area contributed by atoms with Gasteiger partial charge in [-0.25, -0.2) is 4.68 Å². The molecule has 0 radical (unpaired) electrons. The van der Waals surface area contributed by atoms with Crippen LogP contribution in [0.2, 0.25) is 0 Å². The van der Waals surface area contributed by atoms with Crippen molar-refractivity contribution in [3.8, 4) is 11.5 Å². The van der Waals surface area contributed by atoms with Crippen molar-refractivity contribution >= 4 is 22.5 Å². The van der Waals surface area contributed by atoms with Gasteiger partial charge < -0.3 is 14.8 Å². The van der Waals surface area contributed by atoms with Gasteiger partial charge in [-0.1, -0.05) is 0 Å². The number of hydrogen-bond donors (Lipinski definition) is 1. The monoisotopic (exact) mass is 399 g/mol. The maximum atomic E-state index is 13.0. The second-order valence-electron chi connectivity index (χ2n) is 7.65. The van der Waals surface area contributed by atoms with Crippen LogP contribution < -0.4 is 20.3 Å². The Labute approximate surface area is 168 Å². The molecule has 1 amide bonds. The lowest BCUT2D eigenvalue weighted by atomic mass is 10.1. The third kappa shape index (κ3) is 3.94. The second-order valence-corrected chi connectivity index (χ2v) is 7.65. The molecule has 2 aromatic heterocycles. The summed E-state index contributed by atoms with van der Waals surface area (Å²) in [7, 11) is 3.04. The van der Waals surface area contributed by atoms with Gasteiger partial charge in [0, 0.05) is 11.5 Å². The fourth-order valence-electron chi connectivity index (χ4n) is 3.07. The summed E-state index contributed by atoms with van der Waals surface area (Å²) in [6, 6.07) is 5.07. The highest BCUT2D eigenvalue weighted by Crippen LogP contribution is 2.28. The topological polar surface area (TPSA) is 100 Å². The molecule has 2 heterocycles. The highest BCUT2D eigenvalue weighted by molar-refractivity contribution is 5.92. The van der Waals surface area contributed by atoms with Crippen LogP contribution in [-0.2, 0) is 16.9 Å². The molecule has 0 saturated heterocycles. The van der Waals surface area contributed by atoms with Crippen LogP contribution in [0, 0.1) is 6.92 Å². The number of aryl methyl sites for hydroxylation is 1. The molecule has 0 bridgehead atoms. The summed E-state index contributed by atoms with van der Waals surface area (Å²) in [6.45, 7) is 7.42. The smallest absolute Gasteiger partial charge is 0.293 e. The van der Waals surface area contributed by atoms with Crippen LogP contribution in [0.15, 0.2) is 29.2 Å². The molecule has 0 spiro atoms. The number of ether oxygens (including phenoxy) is 2. The third-order valence-electron chi connectivity index (χ3n) is 4.48. The van der Waals surface area contributed by atoms with Gasteiger partial charge in [-0.05, 0) is 39.8 Å². The van der Waals surface area contributed by atoms with E-state index in [0.29, 0.717) is 33.8 Å². The average molecular weight is 399 g/mol. The summed E-state index contributed by atoms with van der Waals surface area (Å²) in [5.41, 5.74) is 0.745. The number of fused-ring (bicyclic) bond motifs is 1. The summed E-state index contributed by atoms with van der Waals surface area (Å²) in [6.07, 6.45) is 1.63. The third-order valence-corrected chi connectivity index (χ3v) is 4.48. The molecule has 3 rings (SSSR count). The molecule has 154 valence electrons. The Bertz CT molecular complexity index is 1120. The van der Waals surface area contributed by atoms with Gasteiger partial charge in [0.15, 0.2) is 0 Å². The molecule has 1 aromatic carbocycles. The van der Waals surface area contributed by atoms with Crippen LogP contribution in [0.4, 0.5) is 5.69 Å². The largest absolute Gasteiger partial charge is 0.497 e. The number of hydrogen-bond acceptors (Lipinski definition) is 6. The number of anilines is 1. The van der Waals surface area contributed by atoms with Crippen molar-refractivity contribution < 1.29 is 14.3 Å². The minimum atomic E-state index is -0.410. The number of nitrogens with one attached hydrogen (secondary N) is 1. The molecule has 0 aliphatic heterocycles. The Hall–Kier alpha value is -3.36. The molecular weight excluding hydrogens is 374 g/mol. The van der Waals surface area contributed by atoms with E-state index in [4.69, 9.17) is 9.47 Å². The van der Waals surface area contributed by atoms with E-state index in [0.717, 1.165) is 4.68 Å². The van der Waals surface area contributed by atoms with Gasteiger partial charge in [0.05, 0.1) is 37.3 Å². The van der Waals surface area contributed by atoms with E-state index in [-0.39, 0.29) is 17.6 Å². The van der Waals surface area contributed by atoms with Crippen LogP contribution in [0.1, 0.15) is 26.5 Å². The fourth-order valence-corrected chi connectivity index (χ4v) is 3.07. The van der Waals surface area contributed by atoms with E-state index < -0.39 is 5.91 Å². The molecular formula is C20H25N5O4. The molecule has 0 aliphatic carbocycles. The average Bonchev–Trinajstić information content (AvgIpc) is 3.12.